The smallest absolute Gasteiger partial charge is 0.132 e. The quantitative estimate of drug-likeness (QED) is 0.652. The lowest BCUT2D eigenvalue weighted by molar-refractivity contribution is -0.120. The molecule has 0 aromatic rings. The van der Waals surface area contributed by atoms with Crippen molar-refractivity contribution in [1.29, 1.82) is 0 Å². The van der Waals surface area contributed by atoms with Crippen molar-refractivity contribution in [3.63, 3.8) is 0 Å². The Labute approximate surface area is 77.7 Å². The Kier molecular flexibility index (Phi) is 5.83. The zero-order valence-electron chi connectivity index (χ0n) is 7.56. The molecule has 0 saturated heterocycles. The maximum atomic E-state index is 10.8. The monoisotopic (exact) mass is 220 g/mol. The minimum absolute atomic E-state index is 0.247. The van der Waals surface area contributed by atoms with Gasteiger partial charge in [-0.1, -0.05) is 29.8 Å². The lowest BCUT2D eigenvalue weighted by atomic mass is 9.97. The molecular weight excluding hydrogens is 204 g/mol. The van der Waals surface area contributed by atoms with Gasteiger partial charge < -0.3 is 0 Å². The zero-order chi connectivity index (χ0) is 8.85. The maximum absolute atomic E-state index is 10.8. The fraction of sp³-hybridized carbons (Fsp3) is 0.889. The predicted molar refractivity (Wildman–Crippen MR) is 52.0 cm³/mol. The Morgan fingerprint density at radius 1 is 1.36 bits per heavy atom. The van der Waals surface area contributed by atoms with Crippen LogP contribution < -0.4 is 0 Å². The van der Waals surface area contributed by atoms with Gasteiger partial charge in [-0.25, -0.2) is 0 Å². The van der Waals surface area contributed by atoms with Gasteiger partial charge in [-0.15, -0.1) is 0 Å². The molecule has 1 nitrogen and oxygen atoms in total. The van der Waals surface area contributed by atoms with Gasteiger partial charge in [-0.2, -0.15) is 0 Å². The summed E-state index contributed by atoms with van der Waals surface area (Å²) >= 11 is 3.42. The number of halogens is 1. The second-order valence-corrected chi connectivity index (χ2v) is 4.00. The van der Waals surface area contributed by atoms with E-state index in [2.05, 4.69) is 22.9 Å². The number of carbonyl (C=O) groups excluding carboxylic acids is 1. The zero-order valence-corrected chi connectivity index (χ0v) is 9.15. The molecule has 0 aliphatic carbocycles. The molecule has 0 fully saturated rings. The number of carbonyl (C=O) groups is 1. The van der Waals surface area contributed by atoms with Crippen LogP contribution in [0.2, 0.25) is 0 Å². The van der Waals surface area contributed by atoms with Gasteiger partial charge in [0.25, 0.3) is 0 Å². The fourth-order valence-corrected chi connectivity index (χ4v) is 1.14. The molecule has 0 bridgehead atoms. The van der Waals surface area contributed by atoms with Crippen molar-refractivity contribution in [1.82, 2.24) is 0 Å². The van der Waals surface area contributed by atoms with Gasteiger partial charge in [0.2, 0.25) is 0 Å². The summed E-state index contributed by atoms with van der Waals surface area (Å²) in [5.74, 6) is 1.25. The van der Waals surface area contributed by atoms with E-state index in [4.69, 9.17) is 0 Å². The summed E-state index contributed by atoms with van der Waals surface area (Å²) in [7, 11) is 0. The highest BCUT2D eigenvalue weighted by Gasteiger charge is 2.08. The van der Waals surface area contributed by atoms with E-state index in [1.165, 1.54) is 0 Å². The molecule has 0 aliphatic rings. The summed E-state index contributed by atoms with van der Waals surface area (Å²) < 4.78 is 0. The summed E-state index contributed by atoms with van der Waals surface area (Å²) in [6.07, 6.45) is 2.17. The van der Waals surface area contributed by atoms with Crippen LogP contribution in [0.5, 0.6) is 0 Å². The van der Waals surface area contributed by atoms with Gasteiger partial charge in [0.05, 0.1) is 0 Å². The van der Waals surface area contributed by atoms with Gasteiger partial charge in [0.1, 0.15) is 5.78 Å². The number of ketones is 1. The van der Waals surface area contributed by atoms with Crippen molar-refractivity contribution < 1.29 is 4.79 Å². The lowest BCUT2D eigenvalue weighted by Gasteiger charge is -2.10. The number of hydrogen-bond acceptors (Lipinski definition) is 1. The lowest BCUT2D eigenvalue weighted by Crippen LogP contribution is -2.08. The molecule has 0 rings (SSSR count). The van der Waals surface area contributed by atoms with Gasteiger partial charge >= 0.3 is 0 Å². The van der Waals surface area contributed by atoms with Crippen LogP contribution in [0, 0.1) is 11.8 Å². The van der Waals surface area contributed by atoms with Crippen LogP contribution in [-0.4, -0.2) is 11.1 Å². The SMILES string of the molecule is CC(=O)C(C)CCC(C)CBr. The van der Waals surface area contributed by atoms with Crippen LogP contribution >= 0.6 is 15.9 Å². The molecule has 0 heterocycles. The van der Waals surface area contributed by atoms with E-state index < -0.39 is 0 Å². The molecule has 66 valence electrons. The molecule has 0 aliphatic heterocycles. The molecule has 0 saturated carbocycles. The largest absolute Gasteiger partial charge is 0.300 e. The van der Waals surface area contributed by atoms with Crippen LogP contribution in [0.1, 0.15) is 33.6 Å². The Morgan fingerprint density at radius 2 is 1.91 bits per heavy atom. The third-order valence-corrected chi connectivity index (χ3v) is 3.16. The molecule has 0 aromatic carbocycles. The Bertz CT molecular complexity index is 123. The highest BCUT2D eigenvalue weighted by Crippen LogP contribution is 2.14. The van der Waals surface area contributed by atoms with E-state index in [9.17, 15) is 4.79 Å². The second-order valence-electron chi connectivity index (χ2n) is 3.35. The first-order chi connectivity index (χ1) is 5.07. The molecule has 0 spiro atoms. The van der Waals surface area contributed by atoms with Gasteiger partial charge in [0, 0.05) is 11.2 Å². The summed E-state index contributed by atoms with van der Waals surface area (Å²) in [6.45, 7) is 5.87. The standard InChI is InChI=1S/C9H17BrO/c1-7(6-10)4-5-8(2)9(3)11/h7-8H,4-6H2,1-3H3. The van der Waals surface area contributed by atoms with Gasteiger partial charge in [-0.05, 0) is 25.7 Å². The third-order valence-electron chi connectivity index (χ3n) is 2.05. The van der Waals surface area contributed by atoms with Crippen molar-refractivity contribution in [3.8, 4) is 0 Å². The number of Topliss-reactive ketones (excluding diaryl/α,β-unsaturated/α-hetero) is 1. The van der Waals surface area contributed by atoms with E-state index in [1.54, 1.807) is 6.92 Å². The minimum Gasteiger partial charge on any atom is -0.300 e. The van der Waals surface area contributed by atoms with Crippen molar-refractivity contribution in [3.05, 3.63) is 0 Å². The first-order valence-corrected chi connectivity index (χ1v) is 5.26. The third kappa shape index (κ3) is 5.42. The predicted octanol–water partition coefficient (Wildman–Crippen LogP) is 3.02. The average Bonchev–Trinajstić information content (AvgIpc) is 1.99. The molecule has 0 radical (unpaired) electrons. The summed E-state index contributed by atoms with van der Waals surface area (Å²) in [5.41, 5.74) is 0. The van der Waals surface area contributed by atoms with E-state index in [0.717, 1.165) is 18.2 Å². The molecule has 2 unspecified atom stereocenters. The van der Waals surface area contributed by atoms with Crippen molar-refractivity contribution in [2.24, 2.45) is 11.8 Å². The molecule has 2 heteroatoms. The highest BCUT2D eigenvalue weighted by atomic mass is 79.9. The van der Waals surface area contributed by atoms with Crippen molar-refractivity contribution >= 4 is 21.7 Å². The minimum atomic E-state index is 0.247. The molecule has 0 N–H and O–H groups in total. The number of hydrogen-bond donors (Lipinski definition) is 0. The maximum Gasteiger partial charge on any atom is 0.132 e. The number of rotatable bonds is 5. The van der Waals surface area contributed by atoms with Crippen molar-refractivity contribution in [2.45, 2.75) is 33.6 Å². The van der Waals surface area contributed by atoms with Gasteiger partial charge in [0.15, 0.2) is 0 Å². The Balaban J connectivity index is 3.45. The van der Waals surface area contributed by atoms with Gasteiger partial charge in [-0.3, -0.25) is 4.79 Å². The Hall–Kier alpha value is 0.150. The van der Waals surface area contributed by atoms with Crippen LogP contribution in [0.25, 0.3) is 0 Å². The molecular formula is C9H17BrO. The Morgan fingerprint density at radius 3 is 2.27 bits per heavy atom. The topological polar surface area (TPSA) is 17.1 Å². The van der Waals surface area contributed by atoms with Crippen molar-refractivity contribution in [2.75, 3.05) is 5.33 Å². The van der Waals surface area contributed by atoms with Crippen LogP contribution in [0.4, 0.5) is 0 Å². The van der Waals surface area contributed by atoms with Crippen LogP contribution in [0.3, 0.4) is 0 Å². The summed E-state index contributed by atoms with van der Waals surface area (Å²) in [5, 5.41) is 1.04. The molecule has 11 heavy (non-hydrogen) atoms. The van der Waals surface area contributed by atoms with E-state index >= 15 is 0 Å². The second kappa shape index (κ2) is 5.76. The van der Waals surface area contributed by atoms with E-state index in [0.29, 0.717) is 11.7 Å². The van der Waals surface area contributed by atoms with E-state index in [1.807, 2.05) is 6.92 Å². The highest BCUT2D eigenvalue weighted by molar-refractivity contribution is 9.09. The molecule has 0 amide bonds. The summed E-state index contributed by atoms with van der Waals surface area (Å²) in [6, 6.07) is 0. The first-order valence-electron chi connectivity index (χ1n) is 4.14. The summed E-state index contributed by atoms with van der Waals surface area (Å²) in [4.78, 5) is 10.8. The molecule has 2 atom stereocenters. The van der Waals surface area contributed by atoms with Crippen LogP contribution in [0.15, 0.2) is 0 Å². The normalized spacial score (nSPS) is 16.0. The molecule has 0 aromatic heterocycles. The number of alkyl halides is 1. The fourth-order valence-electron chi connectivity index (χ4n) is 0.815. The average molecular weight is 221 g/mol. The van der Waals surface area contributed by atoms with Crippen LogP contribution in [-0.2, 0) is 4.79 Å². The van der Waals surface area contributed by atoms with E-state index in [-0.39, 0.29) is 5.92 Å². The first kappa shape index (κ1) is 11.2.